The van der Waals surface area contributed by atoms with Gasteiger partial charge in [0.1, 0.15) is 5.82 Å². The van der Waals surface area contributed by atoms with Crippen LogP contribution in [0, 0.1) is 15.9 Å². The molecular weight excluding hydrogens is 361 g/mol. The SMILES string of the molecule is O=[N+]([O-])c1cccc(NC(=S)Nc2ccc(Br)cc2F)c1. The lowest BCUT2D eigenvalue weighted by atomic mass is 10.3. The maximum atomic E-state index is 13.7. The molecule has 2 N–H and O–H groups in total. The summed E-state index contributed by atoms with van der Waals surface area (Å²) in [5.74, 6) is -0.465. The Labute approximate surface area is 133 Å². The molecule has 108 valence electrons. The van der Waals surface area contributed by atoms with Gasteiger partial charge < -0.3 is 10.6 Å². The number of nitro groups is 1. The number of hydrogen-bond donors (Lipinski definition) is 2. The number of nitro benzene ring substituents is 1. The van der Waals surface area contributed by atoms with Crippen molar-refractivity contribution in [2.75, 3.05) is 10.6 Å². The average molecular weight is 370 g/mol. The molecule has 2 rings (SSSR count). The van der Waals surface area contributed by atoms with Crippen LogP contribution >= 0.6 is 28.1 Å². The normalized spacial score (nSPS) is 10.0. The van der Waals surface area contributed by atoms with Crippen LogP contribution < -0.4 is 10.6 Å². The third-order valence-electron chi connectivity index (χ3n) is 2.49. The highest BCUT2D eigenvalue weighted by Crippen LogP contribution is 2.20. The van der Waals surface area contributed by atoms with E-state index in [4.69, 9.17) is 12.2 Å². The van der Waals surface area contributed by atoms with Crippen molar-refractivity contribution in [3.05, 3.63) is 62.9 Å². The van der Waals surface area contributed by atoms with E-state index in [1.54, 1.807) is 12.1 Å². The summed E-state index contributed by atoms with van der Waals surface area (Å²) in [5, 5.41) is 16.3. The molecule has 0 aliphatic heterocycles. The van der Waals surface area contributed by atoms with Gasteiger partial charge in [-0.05, 0) is 36.5 Å². The zero-order valence-electron chi connectivity index (χ0n) is 10.5. The van der Waals surface area contributed by atoms with Gasteiger partial charge in [0.05, 0.1) is 10.6 Å². The van der Waals surface area contributed by atoms with Gasteiger partial charge in [0, 0.05) is 22.3 Å². The number of halogens is 2. The molecule has 0 saturated heterocycles. The Morgan fingerprint density at radius 1 is 1.24 bits per heavy atom. The number of nitrogens with one attached hydrogen (secondary N) is 2. The molecule has 0 spiro atoms. The van der Waals surface area contributed by atoms with Crippen LogP contribution in [0.2, 0.25) is 0 Å². The summed E-state index contributed by atoms with van der Waals surface area (Å²) in [7, 11) is 0. The summed E-state index contributed by atoms with van der Waals surface area (Å²) in [6, 6.07) is 10.4. The lowest BCUT2D eigenvalue weighted by Crippen LogP contribution is -2.19. The van der Waals surface area contributed by atoms with Gasteiger partial charge in [-0.3, -0.25) is 10.1 Å². The Hall–Kier alpha value is -2.06. The number of anilines is 2. The largest absolute Gasteiger partial charge is 0.332 e. The lowest BCUT2D eigenvalue weighted by Gasteiger charge is -2.11. The van der Waals surface area contributed by atoms with Crippen LogP contribution in [0.5, 0.6) is 0 Å². The molecule has 0 radical (unpaired) electrons. The van der Waals surface area contributed by atoms with Crippen molar-refractivity contribution in [3.63, 3.8) is 0 Å². The van der Waals surface area contributed by atoms with E-state index >= 15 is 0 Å². The van der Waals surface area contributed by atoms with Crippen molar-refractivity contribution in [1.82, 2.24) is 0 Å². The number of non-ortho nitro benzene ring substituents is 1. The van der Waals surface area contributed by atoms with Crippen LogP contribution in [0.4, 0.5) is 21.5 Å². The Morgan fingerprint density at radius 2 is 2.00 bits per heavy atom. The molecule has 0 aliphatic carbocycles. The first-order valence-electron chi connectivity index (χ1n) is 5.73. The minimum atomic E-state index is -0.504. The van der Waals surface area contributed by atoms with Gasteiger partial charge in [-0.1, -0.05) is 22.0 Å². The molecule has 8 heteroatoms. The molecule has 2 aromatic carbocycles. The molecule has 0 fully saturated rings. The third-order valence-corrected chi connectivity index (χ3v) is 3.19. The van der Waals surface area contributed by atoms with Crippen molar-refractivity contribution in [2.24, 2.45) is 0 Å². The zero-order valence-corrected chi connectivity index (χ0v) is 12.9. The van der Waals surface area contributed by atoms with E-state index in [0.717, 1.165) is 0 Å². The lowest BCUT2D eigenvalue weighted by molar-refractivity contribution is -0.384. The quantitative estimate of drug-likeness (QED) is 0.479. The Balaban J connectivity index is 2.08. The van der Waals surface area contributed by atoms with Crippen molar-refractivity contribution in [2.45, 2.75) is 0 Å². The Morgan fingerprint density at radius 3 is 2.67 bits per heavy atom. The van der Waals surface area contributed by atoms with Gasteiger partial charge in [0.2, 0.25) is 0 Å². The van der Waals surface area contributed by atoms with E-state index in [1.165, 1.54) is 30.3 Å². The smallest absolute Gasteiger partial charge is 0.271 e. The first kappa shape index (κ1) is 15.3. The van der Waals surface area contributed by atoms with Crippen molar-refractivity contribution >= 4 is 50.3 Å². The highest BCUT2D eigenvalue weighted by Gasteiger charge is 2.08. The first-order chi connectivity index (χ1) is 9.95. The van der Waals surface area contributed by atoms with Crippen molar-refractivity contribution in [1.29, 1.82) is 0 Å². The predicted octanol–water partition coefficient (Wildman–Crippen LogP) is 4.31. The molecule has 0 bridgehead atoms. The van der Waals surface area contributed by atoms with E-state index in [-0.39, 0.29) is 16.5 Å². The first-order valence-corrected chi connectivity index (χ1v) is 6.93. The van der Waals surface area contributed by atoms with Crippen LogP contribution in [0.1, 0.15) is 0 Å². The van der Waals surface area contributed by atoms with Gasteiger partial charge in [-0.15, -0.1) is 0 Å². The molecule has 0 amide bonds. The van der Waals surface area contributed by atoms with Crippen LogP contribution in [-0.2, 0) is 0 Å². The number of thiocarbonyl (C=S) groups is 1. The van der Waals surface area contributed by atoms with Gasteiger partial charge in [0.25, 0.3) is 5.69 Å². The second kappa shape index (κ2) is 6.59. The average Bonchev–Trinajstić information content (AvgIpc) is 2.42. The number of nitrogens with zero attached hydrogens (tertiary/aromatic N) is 1. The molecule has 21 heavy (non-hydrogen) atoms. The monoisotopic (exact) mass is 369 g/mol. The van der Waals surface area contributed by atoms with Crippen LogP contribution in [0.15, 0.2) is 46.9 Å². The topological polar surface area (TPSA) is 67.2 Å². The fourth-order valence-corrected chi connectivity index (χ4v) is 2.13. The standard InChI is InChI=1S/C13H9BrFN3O2S/c14-8-4-5-12(11(15)6-8)17-13(21)16-9-2-1-3-10(7-9)18(19)20/h1-7H,(H2,16,17,21). The maximum absolute atomic E-state index is 13.7. The molecule has 0 heterocycles. The molecule has 0 aromatic heterocycles. The second-order valence-electron chi connectivity index (χ2n) is 4.01. The van der Waals surface area contributed by atoms with Gasteiger partial charge in [0.15, 0.2) is 5.11 Å². The minimum absolute atomic E-state index is 0.0578. The second-order valence-corrected chi connectivity index (χ2v) is 5.33. The van der Waals surface area contributed by atoms with E-state index in [1.807, 2.05) is 0 Å². The molecule has 5 nitrogen and oxygen atoms in total. The maximum Gasteiger partial charge on any atom is 0.271 e. The zero-order chi connectivity index (χ0) is 15.4. The van der Waals surface area contributed by atoms with Gasteiger partial charge in [-0.2, -0.15) is 0 Å². The number of rotatable bonds is 3. The summed E-state index contributed by atoms with van der Waals surface area (Å²) in [6.45, 7) is 0. The Kier molecular flexibility index (Phi) is 4.81. The summed E-state index contributed by atoms with van der Waals surface area (Å²) in [6.07, 6.45) is 0. The van der Waals surface area contributed by atoms with Crippen molar-refractivity contribution < 1.29 is 9.31 Å². The fraction of sp³-hybridized carbons (Fsp3) is 0. The van der Waals surface area contributed by atoms with Crippen LogP contribution in [-0.4, -0.2) is 10.0 Å². The molecule has 0 atom stereocenters. The van der Waals surface area contributed by atoms with E-state index in [9.17, 15) is 14.5 Å². The summed E-state index contributed by atoms with van der Waals surface area (Å²) in [4.78, 5) is 10.2. The minimum Gasteiger partial charge on any atom is -0.332 e. The fourth-order valence-electron chi connectivity index (χ4n) is 1.57. The van der Waals surface area contributed by atoms with Crippen molar-refractivity contribution in [3.8, 4) is 0 Å². The molecule has 0 unspecified atom stereocenters. The summed E-state index contributed by atoms with van der Waals surface area (Å²) in [5.41, 5.74) is 0.595. The molecule has 0 saturated carbocycles. The van der Waals surface area contributed by atoms with E-state index < -0.39 is 10.7 Å². The van der Waals surface area contributed by atoms with Crippen LogP contribution in [0.3, 0.4) is 0 Å². The van der Waals surface area contributed by atoms with Gasteiger partial charge in [-0.25, -0.2) is 4.39 Å². The number of hydrogen-bond acceptors (Lipinski definition) is 3. The Bertz CT molecular complexity index is 712. The van der Waals surface area contributed by atoms with E-state index in [2.05, 4.69) is 26.6 Å². The molecular formula is C13H9BrFN3O2S. The third kappa shape index (κ3) is 4.20. The summed E-state index contributed by atoms with van der Waals surface area (Å²) >= 11 is 8.21. The predicted molar refractivity (Wildman–Crippen MR) is 87.0 cm³/mol. The van der Waals surface area contributed by atoms with Crippen LogP contribution in [0.25, 0.3) is 0 Å². The highest BCUT2D eigenvalue weighted by molar-refractivity contribution is 9.10. The van der Waals surface area contributed by atoms with E-state index in [0.29, 0.717) is 10.2 Å². The highest BCUT2D eigenvalue weighted by atomic mass is 79.9. The molecule has 0 aliphatic rings. The molecule has 2 aromatic rings. The number of benzene rings is 2. The summed E-state index contributed by atoms with van der Waals surface area (Å²) < 4.78 is 14.3. The van der Waals surface area contributed by atoms with Gasteiger partial charge >= 0.3 is 0 Å².